The van der Waals surface area contributed by atoms with Gasteiger partial charge in [-0.15, -0.1) is 0 Å². The first-order valence-electron chi connectivity index (χ1n) is 4.91. The van der Waals surface area contributed by atoms with Gasteiger partial charge in [0.05, 0.1) is 0 Å². The van der Waals surface area contributed by atoms with Crippen LogP contribution < -0.4 is 4.43 Å². The lowest BCUT2D eigenvalue weighted by Gasteiger charge is -2.21. The number of rotatable bonds is 4. The fraction of sp³-hybridized carbons (Fsp3) is 0.455. The summed E-state index contributed by atoms with van der Waals surface area (Å²) in [5, 5.41) is 8.90. The molecule has 0 radical (unpaired) electrons. The Hall–Kier alpha value is -0.803. The van der Waals surface area contributed by atoms with Gasteiger partial charge in [0.1, 0.15) is 5.75 Å². The van der Waals surface area contributed by atoms with Crippen molar-refractivity contribution in [3.63, 3.8) is 0 Å². The van der Waals surface area contributed by atoms with Crippen molar-refractivity contribution in [2.45, 2.75) is 26.1 Å². The Kier molecular flexibility index (Phi) is 3.72. The van der Waals surface area contributed by atoms with E-state index in [4.69, 9.17) is 9.53 Å². The summed E-state index contributed by atoms with van der Waals surface area (Å²) in [6.07, 6.45) is 0.667. The molecule has 78 valence electrons. The molecule has 1 aromatic rings. The highest BCUT2D eigenvalue weighted by atomic mass is 28.4. The van der Waals surface area contributed by atoms with Gasteiger partial charge in [-0.3, -0.25) is 0 Å². The largest absolute Gasteiger partial charge is 0.544 e. The van der Waals surface area contributed by atoms with Crippen molar-refractivity contribution < 1.29 is 9.53 Å². The van der Waals surface area contributed by atoms with Crippen LogP contribution in [-0.4, -0.2) is 20.0 Å². The Morgan fingerprint density at radius 3 is 2.43 bits per heavy atom. The summed E-state index contributed by atoms with van der Waals surface area (Å²) < 4.78 is 5.91. The second-order valence-corrected chi connectivity index (χ2v) is 8.72. The van der Waals surface area contributed by atoms with Gasteiger partial charge >= 0.3 is 0 Å². The molecule has 0 saturated carbocycles. The van der Waals surface area contributed by atoms with Crippen LogP contribution in [0.15, 0.2) is 24.3 Å². The molecule has 0 atom stereocenters. The van der Waals surface area contributed by atoms with Crippen molar-refractivity contribution in [1.29, 1.82) is 0 Å². The zero-order valence-electron chi connectivity index (χ0n) is 9.08. The van der Waals surface area contributed by atoms with Crippen LogP contribution in [0.3, 0.4) is 0 Å². The SMILES string of the molecule is C[Si](C)(C)Oc1ccccc1CCO. The lowest BCUT2D eigenvalue weighted by atomic mass is 10.1. The third-order valence-electron chi connectivity index (χ3n) is 1.77. The monoisotopic (exact) mass is 210 g/mol. The van der Waals surface area contributed by atoms with Crippen LogP contribution in [0, 0.1) is 0 Å². The highest BCUT2D eigenvalue weighted by Gasteiger charge is 2.17. The fourth-order valence-electron chi connectivity index (χ4n) is 1.26. The van der Waals surface area contributed by atoms with Crippen molar-refractivity contribution >= 4 is 8.32 Å². The van der Waals surface area contributed by atoms with Crippen molar-refractivity contribution in [1.82, 2.24) is 0 Å². The number of benzene rings is 1. The molecule has 0 spiro atoms. The molecular weight excluding hydrogens is 192 g/mol. The van der Waals surface area contributed by atoms with Crippen LogP contribution in [0.2, 0.25) is 19.6 Å². The van der Waals surface area contributed by atoms with E-state index in [1.54, 1.807) is 0 Å². The third-order valence-corrected chi connectivity index (χ3v) is 2.60. The van der Waals surface area contributed by atoms with E-state index in [2.05, 4.69) is 19.6 Å². The molecule has 0 aliphatic rings. The van der Waals surface area contributed by atoms with Crippen LogP contribution >= 0.6 is 0 Å². The molecule has 1 N–H and O–H groups in total. The number of hydrogen-bond donors (Lipinski definition) is 1. The predicted octanol–water partition coefficient (Wildman–Crippen LogP) is 2.44. The zero-order valence-corrected chi connectivity index (χ0v) is 10.1. The maximum absolute atomic E-state index is 8.90. The van der Waals surface area contributed by atoms with Gasteiger partial charge in [-0.1, -0.05) is 18.2 Å². The van der Waals surface area contributed by atoms with Crippen LogP contribution in [0.25, 0.3) is 0 Å². The molecule has 0 aromatic heterocycles. The quantitative estimate of drug-likeness (QED) is 0.773. The first-order chi connectivity index (χ1) is 6.53. The minimum absolute atomic E-state index is 0.173. The summed E-state index contributed by atoms with van der Waals surface area (Å²) in [5.74, 6) is 0.931. The second-order valence-electron chi connectivity index (χ2n) is 4.30. The van der Waals surface area contributed by atoms with E-state index in [-0.39, 0.29) is 6.61 Å². The van der Waals surface area contributed by atoms with E-state index in [1.807, 2.05) is 24.3 Å². The summed E-state index contributed by atoms with van der Waals surface area (Å²) >= 11 is 0. The predicted molar refractivity (Wildman–Crippen MR) is 61.2 cm³/mol. The molecule has 0 heterocycles. The Morgan fingerprint density at radius 1 is 1.21 bits per heavy atom. The average Bonchev–Trinajstić information content (AvgIpc) is 2.06. The molecule has 0 fully saturated rings. The summed E-state index contributed by atoms with van der Waals surface area (Å²) in [5.41, 5.74) is 1.09. The van der Waals surface area contributed by atoms with E-state index in [0.717, 1.165) is 11.3 Å². The minimum atomic E-state index is -1.54. The maximum Gasteiger partial charge on any atom is 0.242 e. The van der Waals surface area contributed by atoms with Crippen molar-refractivity contribution in [3.8, 4) is 5.75 Å². The summed E-state index contributed by atoms with van der Waals surface area (Å²) in [4.78, 5) is 0. The molecule has 0 bridgehead atoms. The Morgan fingerprint density at radius 2 is 1.86 bits per heavy atom. The van der Waals surface area contributed by atoms with Crippen molar-refractivity contribution in [3.05, 3.63) is 29.8 Å². The Labute approximate surface area is 86.7 Å². The second kappa shape index (κ2) is 4.62. The van der Waals surface area contributed by atoms with Gasteiger partial charge in [-0.2, -0.15) is 0 Å². The van der Waals surface area contributed by atoms with E-state index in [9.17, 15) is 0 Å². The van der Waals surface area contributed by atoms with E-state index in [1.165, 1.54) is 0 Å². The molecule has 14 heavy (non-hydrogen) atoms. The third kappa shape index (κ3) is 3.52. The van der Waals surface area contributed by atoms with Gasteiger partial charge in [0.2, 0.25) is 8.32 Å². The highest BCUT2D eigenvalue weighted by Crippen LogP contribution is 2.21. The Balaban J connectivity index is 2.84. The van der Waals surface area contributed by atoms with Crippen LogP contribution in [0.4, 0.5) is 0 Å². The van der Waals surface area contributed by atoms with Gasteiger partial charge in [0.15, 0.2) is 0 Å². The zero-order chi connectivity index (χ0) is 10.6. The first kappa shape index (κ1) is 11.3. The molecule has 0 unspecified atom stereocenters. The highest BCUT2D eigenvalue weighted by molar-refractivity contribution is 6.70. The van der Waals surface area contributed by atoms with Gasteiger partial charge in [0.25, 0.3) is 0 Å². The lowest BCUT2D eigenvalue weighted by Crippen LogP contribution is -2.29. The number of para-hydroxylation sites is 1. The molecular formula is C11H18O2Si. The molecule has 3 heteroatoms. The lowest BCUT2D eigenvalue weighted by molar-refractivity contribution is 0.298. The number of aliphatic hydroxyl groups excluding tert-OH is 1. The van der Waals surface area contributed by atoms with Crippen LogP contribution in [0.1, 0.15) is 5.56 Å². The molecule has 1 rings (SSSR count). The van der Waals surface area contributed by atoms with Gasteiger partial charge in [0, 0.05) is 6.61 Å². The van der Waals surface area contributed by atoms with Crippen molar-refractivity contribution in [2.24, 2.45) is 0 Å². The molecule has 0 amide bonds. The smallest absolute Gasteiger partial charge is 0.242 e. The minimum Gasteiger partial charge on any atom is -0.544 e. The normalized spacial score (nSPS) is 11.4. The summed E-state index contributed by atoms with van der Waals surface area (Å²) in [6.45, 7) is 6.64. The van der Waals surface area contributed by atoms with Crippen LogP contribution in [0.5, 0.6) is 5.75 Å². The Bertz CT molecular complexity index is 292. The first-order valence-corrected chi connectivity index (χ1v) is 8.31. The van der Waals surface area contributed by atoms with Gasteiger partial charge in [-0.25, -0.2) is 0 Å². The van der Waals surface area contributed by atoms with Gasteiger partial charge in [-0.05, 0) is 37.7 Å². The van der Waals surface area contributed by atoms with Gasteiger partial charge < -0.3 is 9.53 Å². The molecule has 0 aliphatic heterocycles. The topological polar surface area (TPSA) is 29.5 Å². The van der Waals surface area contributed by atoms with E-state index < -0.39 is 8.32 Å². The standard InChI is InChI=1S/C11H18O2Si/c1-14(2,3)13-11-7-5-4-6-10(11)8-9-12/h4-7,12H,8-9H2,1-3H3. The van der Waals surface area contributed by atoms with E-state index in [0.29, 0.717) is 6.42 Å². The maximum atomic E-state index is 8.90. The molecule has 2 nitrogen and oxygen atoms in total. The number of hydrogen-bond acceptors (Lipinski definition) is 2. The summed E-state index contributed by atoms with van der Waals surface area (Å²) in [7, 11) is -1.54. The average molecular weight is 210 g/mol. The molecule has 1 aromatic carbocycles. The van der Waals surface area contributed by atoms with Crippen molar-refractivity contribution in [2.75, 3.05) is 6.61 Å². The molecule has 0 saturated heterocycles. The summed E-state index contributed by atoms with van der Waals surface area (Å²) in [6, 6.07) is 7.92. The fourth-order valence-corrected chi connectivity index (χ4v) is 2.12. The van der Waals surface area contributed by atoms with E-state index >= 15 is 0 Å². The van der Waals surface area contributed by atoms with Crippen LogP contribution in [-0.2, 0) is 6.42 Å². The number of aliphatic hydroxyl groups is 1. The molecule has 0 aliphatic carbocycles.